The van der Waals surface area contributed by atoms with Crippen molar-refractivity contribution in [3.05, 3.63) is 24.0 Å². The van der Waals surface area contributed by atoms with Crippen LogP contribution in [0.25, 0.3) is 0 Å². The molecule has 5 nitrogen and oxygen atoms in total. The lowest BCUT2D eigenvalue weighted by molar-refractivity contribution is 0.287. The van der Waals surface area contributed by atoms with Crippen LogP contribution in [0.5, 0.6) is 0 Å². The third-order valence-corrected chi connectivity index (χ3v) is 3.34. The summed E-state index contributed by atoms with van der Waals surface area (Å²) in [5, 5.41) is 8.56. The number of anilines is 1. The Morgan fingerprint density at radius 3 is 2.75 bits per heavy atom. The van der Waals surface area contributed by atoms with Gasteiger partial charge in [0.25, 0.3) is 0 Å². The fourth-order valence-electron chi connectivity index (χ4n) is 1.25. The van der Waals surface area contributed by atoms with E-state index in [-0.39, 0.29) is 12.4 Å². The number of rotatable bonds is 6. The molecular formula is C10H16N2O3S. The van der Waals surface area contributed by atoms with Crippen molar-refractivity contribution < 1.29 is 13.5 Å². The first kappa shape index (κ1) is 12.9. The first-order valence-electron chi connectivity index (χ1n) is 5.06. The van der Waals surface area contributed by atoms with Crippen molar-refractivity contribution in [3.8, 4) is 0 Å². The van der Waals surface area contributed by atoms with E-state index in [4.69, 9.17) is 5.11 Å². The second-order valence-electron chi connectivity index (χ2n) is 3.60. The molecule has 1 rings (SSSR count). The molecule has 6 heteroatoms. The number of aromatic nitrogens is 1. The van der Waals surface area contributed by atoms with Gasteiger partial charge in [-0.15, -0.1) is 0 Å². The van der Waals surface area contributed by atoms with E-state index in [9.17, 15) is 8.42 Å². The number of unbranched alkanes of at least 4 members (excludes halogenated alkanes) is 1. The number of sulfonamides is 1. The number of hydrogen-bond acceptors (Lipinski definition) is 4. The fraction of sp³-hybridized carbons (Fsp3) is 0.500. The molecule has 0 amide bonds. The maximum Gasteiger partial charge on any atom is 0.232 e. The van der Waals surface area contributed by atoms with Crippen LogP contribution in [0.1, 0.15) is 18.4 Å². The van der Waals surface area contributed by atoms with Gasteiger partial charge in [0, 0.05) is 12.8 Å². The molecule has 16 heavy (non-hydrogen) atoms. The van der Waals surface area contributed by atoms with Crippen molar-refractivity contribution in [2.24, 2.45) is 0 Å². The van der Waals surface area contributed by atoms with Gasteiger partial charge >= 0.3 is 0 Å². The molecule has 90 valence electrons. The van der Waals surface area contributed by atoms with E-state index in [1.54, 1.807) is 12.3 Å². The highest BCUT2D eigenvalue weighted by Gasteiger charge is 2.09. The van der Waals surface area contributed by atoms with Crippen LogP contribution >= 0.6 is 0 Å². The zero-order valence-corrected chi connectivity index (χ0v) is 10.00. The van der Waals surface area contributed by atoms with Crippen molar-refractivity contribution in [1.82, 2.24) is 4.98 Å². The van der Waals surface area contributed by atoms with Crippen LogP contribution in [0.3, 0.4) is 0 Å². The van der Waals surface area contributed by atoms with Gasteiger partial charge in [0.05, 0.1) is 17.6 Å². The number of aliphatic hydroxyl groups is 1. The first-order chi connectivity index (χ1) is 7.53. The predicted octanol–water partition coefficient (Wildman–Crippen LogP) is 0.904. The molecule has 0 atom stereocenters. The molecule has 0 radical (unpaired) electrons. The van der Waals surface area contributed by atoms with E-state index in [0.717, 1.165) is 5.56 Å². The molecule has 0 spiro atoms. The van der Waals surface area contributed by atoms with Crippen molar-refractivity contribution >= 4 is 15.7 Å². The lowest BCUT2D eigenvalue weighted by Gasteiger charge is -2.07. The zero-order chi connectivity index (χ0) is 12.0. The van der Waals surface area contributed by atoms with E-state index < -0.39 is 10.0 Å². The normalized spacial score (nSPS) is 11.4. The molecule has 0 aliphatic carbocycles. The van der Waals surface area contributed by atoms with Gasteiger partial charge in [-0.3, -0.25) is 9.71 Å². The zero-order valence-electron chi connectivity index (χ0n) is 9.18. The van der Waals surface area contributed by atoms with E-state index >= 15 is 0 Å². The van der Waals surface area contributed by atoms with Crippen LogP contribution in [-0.4, -0.2) is 30.9 Å². The molecular weight excluding hydrogens is 228 g/mol. The van der Waals surface area contributed by atoms with Crippen molar-refractivity contribution in [2.75, 3.05) is 17.1 Å². The fourth-order valence-corrected chi connectivity index (χ4v) is 2.40. The SMILES string of the molecule is Cc1cncc(NS(=O)(=O)CCCCO)c1. The van der Waals surface area contributed by atoms with E-state index in [1.807, 2.05) is 6.92 Å². The Morgan fingerprint density at radius 1 is 1.38 bits per heavy atom. The summed E-state index contributed by atoms with van der Waals surface area (Å²) in [7, 11) is -3.32. The summed E-state index contributed by atoms with van der Waals surface area (Å²) in [6, 6.07) is 1.72. The molecule has 0 saturated carbocycles. The molecule has 1 heterocycles. The highest BCUT2D eigenvalue weighted by Crippen LogP contribution is 2.10. The van der Waals surface area contributed by atoms with Crippen LogP contribution in [-0.2, 0) is 10.0 Å². The second-order valence-corrected chi connectivity index (χ2v) is 5.44. The topological polar surface area (TPSA) is 79.3 Å². The molecule has 0 aliphatic rings. The van der Waals surface area contributed by atoms with Gasteiger partial charge in [0.1, 0.15) is 0 Å². The summed E-state index contributed by atoms with van der Waals surface area (Å²) in [5.74, 6) is 0.0154. The maximum atomic E-state index is 11.6. The Balaban J connectivity index is 2.59. The average molecular weight is 244 g/mol. The Labute approximate surface area is 95.6 Å². The molecule has 1 aromatic rings. The largest absolute Gasteiger partial charge is 0.396 e. The molecule has 0 bridgehead atoms. The van der Waals surface area contributed by atoms with Crippen LogP contribution in [0.15, 0.2) is 18.5 Å². The van der Waals surface area contributed by atoms with Crippen molar-refractivity contribution in [3.63, 3.8) is 0 Å². The Kier molecular flexibility index (Phi) is 4.70. The summed E-state index contributed by atoms with van der Waals surface area (Å²) in [6.07, 6.45) is 4.07. The lowest BCUT2D eigenvalue weighted by Crippen LogP contribution is -2.17. The molecule has 0 saturated heterocycles. The number of nitrogens with zero attached hydrogens (tertiary/aromatic N) is 1. The summed E-state index contributed by atoms with van der Waals surface area (Å²) >= 11 is 0. The molecule has 0 aliphatic heterocycles. The minimum atomic E-state index is -3.32. The Hall–Kier alpha value is -1.14. The van der Waals surface area contributed by atoms with Crippen LogP contribution < -0.4 is 4.72 Å². The monoisotopic (exact) mass is 244 g/mol. The number of aryl methyl sites for hydroxylation is 1. The number of hydrogen-bond donors (Lipinski definition) is 2. The van der Waals surface area contributed by atoms with E-state index in [1.165, 1.54) is 6.20 Å². The smallest absolute Gasteiger partial charge is 0.232 e. The van der Waals surface area contributed by atoms with Gasteiger partial charge in [-0.25, -0.2) is 8.42 Å². The quantitative estimate of drug-likeness (QED) is 0.729. The Morgan fingerprint density at radius 2 is 2.12 bits per heavy atom. The first-order valence-corrected chi connectivity index (χ1v) is 6.72. The number of nitrogens with one attached hydrogen (secondary N) is 1. The Bertz CT molecular complexity index is 431. The minimum Gasteiger partial charge on any atom is -0.396 e. The molecule has 0 unspecified atom stereocenters. The van der Waals surface area contributed by atoms with Crippen molar-refractivity contribution in [1.29, 1.82) is 0 Å². The van der Waals surface area contributed by atoms with Gasteiger partial charge in [0.15, 0.2) is 0 Å². The highest BCUT2D eigenvalue weighted by atomic mass is 32.2. The molecule has 0 fully saturated rings. The molecule has 1 aromatic heterocycles. The predicted molar refractivity (Wildman–Crippen MR) is 62.7 cm³/mol. The summed E-state index contributed by atoms with van der Waals surface area (Å²) in [6.45, 7) is 1.86. The summed E-state index contributed by atoms with van der Waals surface area (Å²) in [5.41, 5.74) is 1.37. The third-order valence-electron chi connectivity index (χ3n) is 1.97. The van der Waals surface area contributed by atoms with Gasteiger partial charge in [-0.2, -0.15) is 0 Å². The third kappa shape index (κ3) is 4.59. The standard InChI is InChI=1S/C10H16N2O3S/c1-9-6-10(8-11-7-9)12-16(14,15)5-3-2-4-13/h6-8,12-13H,2-5H2,1H3. The second kappa shape index (κ2) is 5.81. The highest BCUT2D eigenvalue weighted by molar-refractivity contribution is 7.92. The summed E-state index contributed by atoms with van der Waals surface area (Å²) < 4.78 is 25.6. The van der Waals surface area contributed by atoms with Gasteiger partial charge < -0.3 is 5.11 Å². The van der Waals surface area contributed by atoms with E-state index in [2.05, 4.69) is 9.71 Å². The van der Waals surface area contributed by atoms with Gasteiger partial charge in [-0.05, 0) is 31.4 Å². The minimum absolute atomic E-state index is 0.0154. The van der Waals surface area contributed by atoms with Crippen LogP contribution in [0, 0.1) is 6.92 Å². The van der Waals surface area contributed by atoms with Crippen LogP contribution in [0.4, 0.5) is 5.69 Å². The number of pyridine rings is 1. The summed E-state index contributed by atoms with van der Waals surface area (Å²) in [4.78, 5) is 3.90. The number of aliphatic hydroxyl groups excluding tert-OH is 1. The van der Waals surface area contributed by atoms with Gasteiger partial charge in [-0.1, -0.05) is 0 Å². The molecule has 0 aromatic carbocycles. The van der Waals surface area contributed by atoms with Gasteiger partial charge in [0.2, 0.25) is 10.0 Å². The van der Waals surface area contributed by atoms with Crippen LogP contribution in [0.2, 0.25) is 0 Å². The molecule has 2 N–H and O–H groups in total. The average Bonchev–Trinajstić information content (AvgIpc) is 2.17. The van der Waals surface area contributed by atoms with E-state index in [0.29, 0.717) is 18.5 Å². The van der Waals surface area contributed by atoms with Crippen molar-refractivity contribution in [2.45, 2.75) is 19.8 Å². The lowest BCUT2D eigenvalue weighted by atomic mass is 10.3. The maximum absolute atomic E-state index is 11.6.